The van der Waals surface area contributed by atoms with Crippen molar-refractivity contribution in [2.24, 2.45) is 0 Å². The lowest BCUT2D eigenvalue weighted by Crippen LogP contribution is -2.42. The van der Waals surface area contributed by atoms with Gasteiger partial charge < -0.3 is 19.5 Å². The molecular formula is C29H30N4O3. The Kier molecular flexibility index (Phi) is 7.09. The summed E-state index contributed by atoms with van der Waals surface area (Å²) in [7, 11) is 0. The van der Waals surface area contributed by atoms with Crippen LogP contribution in [0.4, 0.5) is 0 Å². The molecule has 1 atom stereocenters. The molecule has 1 unspecified atom stereocenters. The number of rotatable bonds is 7. The van der Waals surface area contributed by atoms with Crippen molar-refractivity contribution in [3.8, 4) is 11.1 Å². The standard InChI is InChI=1S/C29H30N4O3/c1-21(30-27(34)19-22-11-13-24(14-12-22)23-7-3-2-4-8-23)29-31-25-9-5-6-10-26(25)33(29)20-28(35)32-15-17-36-18-16-32/h2-14,21H,15-20H2,1H3,(H,30,34). The number of ether oxygens (including phenoxy) is 1. The molecule has 1 aliphatic rings. The van der Waals surface area contributed by atoms with Gasteiger partial charge in [0.05, 0.1) is 36.7 Å². The molecule has 36 heavy (non-hydrogen) atoms. The fraction of sp³-hybridized carbons (Fsp3) is 0.276. The zero-order chi connectivity index (χ0) is 24.9. The van der Waals surface area contributed by atoms with E-state index in [0.717, 1.165) is 27.7 Å². The van der Waals surface area contributed by atoms with E-state index in [-0.39, 0.29) is 30.8 Å². The van der Waals surface area contributed by atoms with Crippen LogP contribution in [-0.2, 0) is 27.3 Å². The number of nitrogens with one attached hydrogen (secondary N) is 1. The quantitative estimate of drug-likeness (QED) is 0.432. The molecule has 0 aliphatic carbocycles. The molecule has 4 aromatic rings. The molecule has 2 amide bonds. The number of benzene rings is 3. The zero-order valence-corrected chi connectivity index (χ0v) is 20.4. The molecule has 1 aromatic heterocycles. The minimum absolute atomic E-state index is 0.0275. The van der Waals surface area contributed by atoms with Crippen molar-refractivity contribution in [2.75, 3.05) is 26.3 Å². The van der Waals surface area contributed by atoms with Crippen LogP contribution < -0.4 is 5.32 Å². The minimum atomic E-state index is -0.356. The first kappa shape index (κ1) is 23.8. The summed E-state index contributed by atoms with van der Waals surface area (Å²) in [6.07, 6.45) is 0.270. The minimum Gasteiger partial charge on any atom is -0.378 e. The smallest absolute Gasteiger partial charge is 0.242 e. The van der Waals surface area contributed by atoms with Crippen LogP contribution in [0.5, 0.6) is 0 Å². The van der Waals surface area contributed by atoms with Crippen molar-refractivity contribution >= 4 is 22.8 Å². The van der Waals surface area contributed by atoms with E-state index in [9.17, 15) is 9.59 Å². The number of para-hydroxylation sites is 2. The number of aromatic nitrogens is 2. The molecule has 2 heterocycles. The number of morpholine rings is 1. The van der Waals surface area contributed by atoms with Crippen LogP contribution >= 0.6 is 0 Å². The van der Waals surface area contributed by atoms with Gasteiger partial charge in [-0.15, -0.1) is 0 Å². The summed E-state index contributed by atoms with van der Waals surface area (Å²) in [6, 6.07) is 25.6. The van der Waals surface area contributed by atoms with Gasteiger partial charge in [0.15, 0.2) is 0 Å². The van der Waals surface area contributed by atoms with Crippen LogP contribution in [0.2, 0.25) is 0 Å². The van der Waals surface area contributed by atoms with E-state index in [0.29, 0.717) is 32.1 Å². The predicted octanol–water partition coefficient (Wildman–Crippen LogP) is 3.98. The second-order valence-electron chi connectivity index (χ2n) is 9.07. The molecule has 1 fully saturated rings. The summed E-state index contributed by atoms with van der Waals surface area (Å²) in [5.74, 6) is 0.610. The predicted molar refractivity (Wildman–Crippen MR) is 139 cm³/mol. The van der Waals surface area contributed by atoms with Gasteiger partial charge in [-0.25, -0.2) is 4.98 Å². The maximum Gasteiger partial charge on any atom is 0.242 e. The van der Waals surface area contributed by atoms with E-state index in [1.54, 1.807) is 0 Å². The number of amides is 2. The molecule has 1 saturated heterocycles. The maximum absolute atomic E-state index is 13.0. The molecule has 0 radical (unpaired) electrons. The third kappa shape index (κ3) is 5.31. The van der Waals surface area contributed by atoms with Gasteiger partial charge in [-0.1, -0.05) is 66.7 Å². The van der Waals surface area contributed by atoms with E-state index in [1.165, 1.54) is 0 Å². The Morgan fingerprint density at radius 3 is 2.33 bits per heavy atom. The molecule has 0 bridgehead atoms. The molecule has 5 rings (SSSR count). The van der Waals surface area contributed by atoms with Gasteiger partial charge in [-0.05, 0) is 35.7 Å². The number of hydrogen-bond donors (Lipinski definition) is 1. The SMILES string of the molecule is CC(NC(=O)Cc1ccc(-c2ccccc2)cc1)c1nc2ccccc2n1CC(=O)N1CCOCC1. The van der Waals surface area contributed by atoms with Crippen molar-refractivity contribution in [1.82, 2.24) is 19.8 Å². The highest BCUT2D eigenvalue weighted by atomic mass is 16.5. The second kappa shape index (κ2) is 10.7. The highest BCUT2D eigenvalue weighted by molar-refractivity contribution is 5.82. The summed E-state index contributed by atoms with van der Waals surface area (Å²) >= 11 is 0. The molecule has 7 nitrogen and oxygen atoms in total. The van der Waals surface area contributed by atoms with Crippen LogP contribution in [0.3, 0.4) is 0 Å². The largest absolute Gasteiger partial charge is 0.378 e. The Bertz CT molecular complexity index is 1340. The average Bonchev–Trinajstić information content (AvgIpc) is 3.28. The number of carbonyl (C=O) groups excluding carboxylic acids is 2. The van der Waals surface area contributed by atoms with Crippen molar-refractivity contribution in [2.45, 2.75) is 25.9 Å². The third-order valence-corrected chi connectivity index (χ3v) is 6.53. The maximum atomic E-state index is 13.0. The first-order valence-electron chi connectivity index (χ1n) is 12.3. The lowest BCUT2D eigenvalue weighted by molar-refractivity contribution is -0.135. The highest BCUT2D eigenvalue weighted by Gasteiger charge is 2.23. The Morgan fingerprint density at radius 2 is 1.58 bits per heavy atom. The fourth-order valence-electron chi connectivity index (χ4n) is 4.63. The molecule has 184 valence electrons. The van der Waals surface area contributed by atoms with E-state index in [2.05, 4.69) is 17.4 Å². The molecule has 0 spiro atoms. The van der Waals surface area contributed by atoms with Crippen LogP contribution in [0, 0.1) is 0 Å². The van der Waals surface area contributed by atoms with Crippen molar-refractivity contribution in [3.05, 3.63) is 90.3 Å². The van der Waals surface area contributed by atoms with E-state index in [1.807, 2.05) is 83.1 Å². The topological polar surface area (TPSA) is 76.5 Å². The number of imidazole rings is 1. The number of nitrogens with zero attached hydrogens (tertiary/aromatic N) is 3. The molecule has 7 heteroatoms. The van der Waals surface area contributed by atoms with Gasteiger partial charge in [0, 0.05) is 13.1 Å². The van der Waals surface area contributed by atoms with Crippen LogP contribution in [-0.4, -0.2) is 52.6 Å². The number of fused-ring (bicyclic) bond motifs is 1. The third-order valence-electron chi connectivity index (χ3n) is 6.53. The normalized spacial score (nSPS) is 14.5. The van der Waals surface area contributed by atoms with E-state index < -0.39 is 0 Å². The first-order valence-corrected chi connectivity index (χ1v) is 12.3. The molecule has 1 N–H and O–H groups in total. The number of hydrogen-bond acceptors (Lipinski definition) is 4. The van der Waals surface area contributed by atoms with Gasteiger partial charge in [-0.2, -0.15) is 0 Å². The lowest BCUT2D eigenvalue weighted by Gasteiger charge is -2.27. The monoisotopic (exact) mass is 482 g/mol. The Balaban J connectivity index is 1.29. The van der Waals surface area contributed by atoms with Gasteiger partial charge >= 0.3 is 0 Å². The van der Waals surface area contributed by atoms with Crippen LogP contribution in [0.15, 0.2) is 78.9 Å². The second-order valence-corrected chi connectivity index (χ2v) is 9.07. The summed E-state index contributed by atoms with van der Waals surface area (Å²) in [5, 5.41) is 3.08. The summed E-state index contributed by atoms with van der Waals surface area (Å²) < 4.78 is 7.30. The highest BCUT2D eigenvalue weighted by Crippen LogP contribution is 2.22. The lowest BCUT2D eigenvalue weighted by atomic mass is 10.0. The van der Waals surface area contributed by atoms with Crippen molar-refractivity contribution < 1.29 is 14.3 Å². The van der Waals surface area contributed by atoms with Gasteiger partial charge in [-0.3, -0.25) is 9.59 Å². The van der Waals surface area contributed by atoms with Gasteiger partial charge in [0.25, 0.3) is 0 Å². The molecule has 0 saturated carbocycles. The van der Waals surface area contributed by atoms with E-state index in [4.69, 9.17) is 9.72 Å². The van der Waals surface area contributed by atoms with Gasteiger partial charge in [0.2, 0.25) is 11.8 Å². The van der Waals surface area contributed by atoms with Crippen LogP contribution in [0.25, 0.3) is 22.2 Å². The Hall–Kier alpha value is -3.97. The van der Waals surface area contributed by atoms with Gasteiger partial charge in [0.1, 0.15) is 12.4 Å². The summed E-state index contributed by atoms with van der Waals surface area (Å²) in [6.45, 7) is 4.39. The van der Waals surface area contributed by atoms with E-state index >= 15 is 0 Å². The molecular weight excluding hydrogens is 452 g/mol. The zero-order valence-electron chi connectivity index (χ0n) is 20.4. The molecule has 3 aromatic carbocycles. The first-order chi connectivity index (χ1) is 17.6. The summed E-state index contributed by atoms with van der Waals surface area (Å²) in [4.78, 5) is 32.5. The van der Waals surface area contributed by atoms with Crippen LogP contribution in [0.1, 0.15) is 24.4 Å². The Morgan fingerprint density at radius 1 is 0.917 bits per heavy atom. The van der Waals surface area contributed by atoms with Crippen molar-refractivity contribution in [1.29, 1.82) is 0 Å². The van der Waals surface area contributed by atoms with Crippen molar-refractivity contribution in [3.63, 3.8) is 0 Å². The fourth-order valence-corrected chi connectivity index (χ4v) is 4.63. The Labute approximate surface area is 210 Å². The average molecular weight is 483 g/mol. The number of carbonyl (C=O) groups is 2. The molecule has 1 aliphatic heterocycles. The summed E-state index contributed by atoms with van der Waals surface area (Å²) in [5.41, 5.74) is 4.89.